The summed E-state index contributed by atoms with van der Waals surface area (Å²) in [6.07, 6.45) is 0.736. The van der Waals surface area contributed by atoms with Crippen molar-refractivity contribution in [1.29, 1.82) is 0 Å². The minimum atomic E-state index is -0.481. The van der Waals surface area contributed by atoms with Crippen LogP contribution in [-0.2, 0) is 17.8 Å². The molecule has 0 aliphatic heterocycles. The number of nitrogens with two attached hydrogens (primary N) is 1. The van der Waals surface area contributed by atoms with Crippen LogP contribution >= 0.6 is 11.8 Å². The summed E-state index contributed by atoms with van der Waals surface area (Å²) in [6.45, 7) is 2.35. The first-order valence-corrected chi connectivity index (χ1v) is 11.3. The normalized spacial score (nSPS) is 11.9. The zero-order chi connectivity index (χ0) is 22.5. The molecule has 4 aromatic rings. The number of thioether (sulfide) groups is 1. The minimum absolute atomic E-state index is 0.169. The van der Waals surface area contributed by atoms with Crippen molar-refractivity contribution in [2.45, 2.75) is 30.3 Å². The van der Waals surface area contributed by atoms with Gasteiger partial charge in [0.05, 0.1) is 5.25 Å². The standard InChI is InChI=1S/C25H24N4O2S/c1-17(24(31)27-21-13-7-11-19-10-5-6-12-20(19)21)32-25-28-23(30)16-22(26)29(25)15-14-18-8-3-2-4-9-18/h2-13,16-17H,14-15,26H2,1H3,(H,27,31). The van der Waals surface area contributed by atoms with E-state index in [1.165, 1.54) is 17.8 Å². The summed E-state index contributed by atoms with van der Waals surface area (Å²) in [5, 5.41) is 4.99. The second-order valence-corrected chi connectivity index (χ2v) is 8.77. The van der Waals surface area contributed by atoms with Gasteiger partial charge in [-0.15, -0.1) is 0 Å². The molecule has 0 saturated carbocycles. The number of fused-ring (bicyclic) bond motifs is 1. The molecule has 1 amide bonds. The van der Waals surface area contributed by atoms with Crippen molar-refractivity contribution < 1.29 is 4.79 Å². The Hall–Kier alpha value is -3.58. The number of amides is 1. The Bertz CT molecular complexity index is 1300. The van der Waals surface area contributed by atoms with Gasteiger partial charge in [-0.05, 0) is 30.4 Å². The highest BCUT2D eigenvalue weighted by atomic mass is 32.2. The smallest absolute Gasteiger partial charge is 0.275 e. The molecule has 0 aliphatic carbocycles. The summed E-state index contributed by atoms with van der Waals surface area (Å²) < 4.78 is 1.79. The van der Waals surface area contributed by atoms with Gasteiger partial charge in [-0.1, -0.05) is 78.5 Å². The molecular weight excluding hydrogens is 420 g/mol. The van der Waals surface area contributed by atoms with Gasteiger partial charge in [-0.3, -0.25) is 9.59 Å². The number of nitrogens with zero attached hydrogens (tertiary/aromatic N) is 2. The molecule has 0 aliphatic rings. The Morgan fingerprint density at radius 2 is 1.78 bits per heavy atom. The molecule has 162 valence electrons. The summed E-state index contributed by atoms with van der Waals surface area (Å²) in [5.41, 5.74) is 7.63. The third-order valence-corrected chi connectivity index (χ3v) is 6.28. The van der Waals surface area contributed by atoms with E-state index in [9.17, 15) is 9.59 Å². The molecule has 32 heavy (non-hydrogen) atoms. The van der Waals surface area contributed by atoms with Gasteiger partial charge in [-0.2, -0.15) is 4.98 Å². The van der Waals surface area contributed by atoms with E-state index >= 15 is 0 Å². The van der Waals surface area contributed by atoms with Crippen LogP contribution in [0.1, 0.15) is 12.5 Å². The van der Waals surface area contributed by atoms with Gasteiger partial charge in [0.2, 0.25) is 5.91 Å². The Morgan fingerprint density at radius 1 is 1.06 bits per heavy atom. The first-order chi connectivity index (χ1) is 15.5. The molecule has 1 aromatic heterocycles. The first-order valence-electron chi connectivity index (χ1n) is 10.4. The summed E-state index contributed by atoms with van der Waals surface area (Å²) >= 11 is 1.23. The van der Waals surface area contributed by atoms with Crippen LogP contribution in [0.25, 0.3) is 10.8 Å². The van der Waals surface area contributed by atoms with E-state index in [2.05, 4.69) is 10.3 Å². The topological polar surface area (TPSA) is 90.0 Å². The van der Waals surface area contributed by atoms with Crippen LogP contribution in [0, 0.1) is 0 Å². The zero-order valence-corrected chi connectivity index (χ0v) is 18.5. The molecule has 0 bridgehead atoms. The van der Waals surface area contributed by atoms with Crippen LogP contribution in [0.5, 0.6) is 0 Å². The van der Waals surface area contributed by atoms with E-state index in [-0.39, 0.29) is 5.91 Å². The lowest BCUT2D eigenvalue weighted by atomic mass is 10.1. The van der Waals surface area contributed by atoms with Crippen molar-refractivity contribution in [2.75, 3.05) is 11.1 Å². The van der Waals surface area contributed by atoms with Crippen molar-refractivity contribution in [3.8, 4) is 0 Å². The summed E-state index contributed by atoms with van der Waals surface area (Å²) in [4.78, 5) is 29.1. The highest BCUT2D eigenvalue weighted by Gasteiger charge is 2.19. The fourth-order valence-corrected chi connectivity index (χ4v) is 4.43. The van der Waals surface area contributed by atoms with Gasteiger partial charge in [0.25, 0.3) is 5.56 Å². The number of carbonyl (C=O) groups excluding carboxylic acids is 1. The second kappa shape index (κ2) is 9.70. The lowest BCUT2D eigenvalue weighted by Crippen LogP contribution is -2.25. The van der Waals surface area contributed by atoms with Crippen LogP contribution in [0.2, 0.25) is 0 Å². The van der Waals surface area contributed by atoms with Gasteiger partial charge in [0.1, 0.15) is 5.82 Å². The summed E-state index contributed by atoms with van der Waals surface area (Å²) in [6, 6.07) is 25.0. The Kier molecular flexibility index (Phi) is 6.56. The fourth-order valence-electron chi connectivity index (χ4n) is 3.48. The number of nitrogen functional groups attached to an aromatic ring is 1. The minimum Gasteiger partial charge on any atom is -0.385 e. The van der Waals surface area contributed by atoms with Crippen LogP contribution in [-0.4, -0.2) is 20.7 Å². The molecule has 3 aromatic carbocycles. The molecule has 1 unspecified atom stereocenters. The summed E-state index contributed by atoms with van der Waals surface area (Å²) in [7, 11) is 0. The zero-order valence-electron chi connectivity index (χ0n) is 17.7. The molecule has 0 spiro atoms. The van der Waals surface area contributed by atoms with Crippen LogP contribution in [0.15, 0.2) is 88.8 Å². The van der Waals surface area contributed by atoms with E-state index in [0.29, 0.717) is 17.5 Å². The summed E-state index contributed by atoms with van der Waals surface area (Å²) in [5.74, 6) is 0.169. The number of anilines is 2. The van der Waals surface area contributed by atoms with E-state index in [4.69, 9.17) is 5.73 Å². The second-order valence-electron chi connectivity index (χ2n) is 7.47. The number of hydrogen-bond acceptors (Lipinski definition) is 5. The molecule has 0 radical (unpaired) electrons. The number of carbonyl (C=O) groups is 1. The van der Waals surface area contributed by atoms with Gasteiger partial charge in [0, 0.05) is 23.7 Å². The average Bonchev–Trinajstić information content (AvgIpc) is 2.79. The molecule has 1 atom stereocenters. The van der Waals surface area contributed by atoms with E-state index < -0.39 is 10.8 Å². The number of aromatic nitrogens is 2. The first kappa shape index (κ1) is 21.6. The van der Waals surface area contributed by atoms with Crippen molar-refractivity contribution in [2.24, 2.45) is 0 Å². The number of rotatable bonds is 7. The Labute approximate surface area is 190 Å². The maximum Gasteiger partial charge on any atom is 0.275 e. The lowest BCUT2D eigenvalue weighted by Gasteiger charge is -2.18. The van der Waals surface area contributed by atoms with Crippen LogP contribution in [0.4, 0.5) is 11.5 Å². The number of aryl methyl sites for hydroxylation is 1. The van der Waals surface area contributed by atoms with Crippen molar-refractivity contribution in [3.63, 3.8) is 0 Å². The highest BCUT2D eigenvalue weighted by molar-refractivity contribution is 8.00. The Balaban J connectivity index is 1.52. The van der Waals surface area contributed by atoms with Gasteiger partial charge >= 0.3 is 0 Å². The Morgan fingerprint density at radius 3 is 2.59 bits per heavy atom. The maximum atomic E-state index is 12.9. The third kappa shape index (κ3) is 5.00. The van der Waals surface area contributed by atoms with Crippen LogP contribution in [0.3, 0.4) is 0 Å². The number of benzene rings is 3. The maximum absolute atomic E-state index is 12.9. The molecule has 0 saturated heterocycles. The number of nitrogens with one attached hydrogen (secondary N) is 1. The molecule has 4 rings (SSSR count). The van der Waals surface area contributed by atoms with Crippen molar-refractivity contribution >= 4 is 39.9 Å². The van der Waals surface area contributed by atoms with E-state index in [1.54, 1.807) is 11.5 Å². The van der Waals surface area contributed by atoms with Gasteiger partial charge < -0.3 is 15.6 Å². The lowest BCUT2D eigenvalue weighted by molar-refractivity contribution is -0.115. The molecular formula is C25H24N4O2S. The van der Waals surface area contributed by atoms with Gasteiger partial charge in [-0.25, -0.2) is 0 Å². The van der Waals surface area contributed by atoms with Crippen LogP contribution < -0.4 is 16.6 Å². The quantitative estimate of drug-likeness (QED) is 0.327. The predicted molar refractivity (Wildman–Crippen MR) is 131 cm³/mol. The highest BCUT2D eigenvalue weighted by Crippen LogP contribution is 2.26. The largest absolute Gasteiger partial charge is 0.385 e. The van der Waals surface area contributed by atoms with Crippen molar-refractivity contribution in [1.82, 2.24) is 9.55 Å². The van der Waals surface area contributed by atoms with Gasteiger partial charge in [0.15, 0.2) is 5.16 Å². The third-order valence-electron chi connectivity index (χ3n) is 5.19. The SMILES string of the molecule is CC(Sc1nc(=O)cc(N)n1CCc1ccccc1)C(=O)Nc1cccc2ccccc12. The molecule has 0 fully saturated rings. The monoisotopic (exact) mass is 444 g/mol. The molecule has 7 heteroatoms. The van der Waals surface area contributed by atoms with Crippen molar-refractivity contribution in [3.05, 3.63) is 94.8 Å². The van der Waals surface area contributed by atoms with E-state index in [0.717, 1.165) is 28.4 Å². The fraction of sp³-hybridized carbons (Fsp3) is 0.160. The number of hydrogen-bond donors (Lipinski definition) is 2. The van der Waals surface area contributed by atoms with E-state index in [1.807, 2.05) is 72.8 Å². The molecule has 6 nitrogen and oxygen atoms in total. The predicted octanol–water partition coefficient (Wildman–Crippen LogP) is 4.34. The molecule has 1 heterocycles. The average molecular weight is 445 g/mol. The molecule has 3 N–H and O–H groups in total.